The maximum absolute atomic E-state index is 15.0. The van der Waals surface area contributed by atoms with Gasteiger partial charge in [-0.15, -0.1) is 47.0 Å². The number of allylic oxidation sites excluding steroid dienone is 1. The second-order valence-electron chi connectivity index (χ2n) is 15.2. The first-order valence-corrected chi connectivity index (χ1v) is 26.6. The van der Waals surface area contributed by atoms with Crippen LogP contribution in [-0.4, -0.2) is 71.4 Å². The minimum absolute atomic E-state index is 0.0506. The normalized spacial score (nSPS) is 23.2. The monoisotopic (exact) mass is 707 g/mol. The van der Waals surface area contributed by atoms with Gasteiger partial charge in [-0.25, -0.2) is 0 Å². The summed E-state index contributed by atoms with van der Waals surface area (Å²) in [5, 5.41) is 0.184. The first kappa shape index (κ1) is 40.1. The molecule has 0 N–H and O–H groups in total. The van der Waals surface area contributed by atoms with Crippen LogP contribution in [0, 0.1) is 5.92 Å². The van der Waals surface area contributed by atoms with Crippen LogP contribution in [0.2, 0.25) is 36.3 Å². The van der Waals surface area contributed by atoms with Crippen molar-refractivity contribution in [3.63, 3.8) is 0 Å². The second-order valence-corrected chi connectivity index (χ2v) is 30.4. The maximum Gasteiger partial charge on any atom is 0.255 e. The van der Waals surface area contributed by atoms with Gasteiger partial charge >= 0.3 is 0 Å². The van der Waals surface area contributed by atoms with Crippen LogP contribution >= 0.6 is 47.0 Å². The molecule has 0 saturated carbocycles. The molecule has 0 aromatic heterocycles. The topological polar surface area (TPSA) is 38.8 Å². The van der Waals surface area contributed by atoms with E-state index in [4.69, 9.17) is 8.85 Å². The van der Waals surface area contributed by atoms with Crippen molar-refractivity contribution in [2.75, 3.05) is 23.0 Å². The van der Waals surface area contributed by atoms with Crippen LogP contribution in [0.3, 0.4) is 0 Å². The average molecular weight is 708 g/mol. The van der Waals surface area contributed by atoms with Crippen molar-refractivity contribution in [2.24, 2.45) is 5.92 Å². The van der Waals surface area contributed by atoms with E-state index in [0.29, 0.717) is 5.91 Å². The zero-order valence-electron chi connectivity index (χ0n) is 30.1. The largest absolute Gasteiger partial charge is 0.411 e. The minimum atomic E-state index is -2.12. The van der Waals surface area contributed by atoms with Gasteiger partial charge in [0.05, 0.1) is 12.2 Å². The molecule has 0 aromatic carbocycles. The number of amides is 1. The molecule has 1 aliphatic carbocycles. The van der Waals surface area contributed by atoms with E-state index in [0.717, 1.165) is 55.1 Å². The number of fused-ring (bicyclic) bond motifs is 1. The molecular formula is C33H65NO3S4Si2. The molecule has 1 aliphatic heterocycles. The van der Waals surface area contributed by atoms with E-state index in [-0.39, 0.29) is 32.9 Å². The van der Waals surface area contributed by atoms with Gasteiger partial charge in [0, 0.05) is 11.6 Å². The van der Waals surface area contributed by atoms with Crippen LogP contribution in [0.25, 0.3) is 0 Å². The Morgan fingerprint density at radius 2 is 1.26 bits per heavy atom. The lowest BCUT2D eigenvalue weighted by atomic mass is 9.88. The van der Waals surface area contributed by atoms with E-state index < -0.39 is 20.7 Å². The van der Waals surface area contributed by atoms with Crippen LogP contribution in [-0.2, 0) is 13.6 Å². The van der Waals surface area contributed by atoms with Crippen molar-refractivity contribution >= 4 is 69.6 Å². The highest BCUT2D eigenvalue weighted by atomic mass is 32.2. The Bertz CT molecular complexity index is 916. The van der Waals surface area contributed by atoms with Crippen LogP contribution in [0.15, 0.2) is 11.8 Å². The molecule has 4 nitrogen and oxygen atoms in total. The molecule has 1 saturated heterocycles. The Kier molecular flexibility index (Phi) is 15.3. The summed E-state index contributed by atoms with van der Waals surface area (Å²) in [6, 6.07) is 0. The smallest absolute Gasteiger partial charge is 0.255 e. The van der Waals surface area contributed by atoms with Gasteiger partial charge in [0.25, 0.3) is 5.91 Å². The average Bonchev–Trinajstić information content (AvgIpc) is 3.11. The standard InChI is InChI=1S/C33H65NO3S4Si2/c1-15-19-38-30(39-20-16-2)34-26-24-28(37-43(13,14)32(8,9)10)27(36-42(11,12)31(5,6)7)23-25(26)33(29(34)35,40-21-17-3)41-22-18-4/h24-25,27-28,30H,15-23H2,1-14H3/t25-,27+,28+/m0/s1. The summed E-state index contributed by atoms with van der Waals surface area (Å²) in [6.07, 6.45) is 7.39. The number of likely N-dealkylation sites (tertiary alicyclic amines) is 1. The molecule has 0 radical (unpaired) electrons. The highest BCUT2D eigenvalue weighted by Crippen LogP contribution is 2.60. The van der Waals surface area contributed by atoms with E-state index >= 15 is 4.79 Å². The SMILES string of the molecule is CCCSC(SCCC)N1C(=O)C(SCCC)(SCCC)[C@H]2C[C@@H](O[Si](C)(C)C(C)(C)C)[C@H](O[Si](C)(C)C(C)(C)C)C=C21. The number of rotatable bonds is 17. The van der Waals surface area contributed by atoms with Gasteiger partial charge in [-0.2, -0.15) is 0 Å². The fourth-order valence-electron chi connectivity index (χ4n) is 4.93. The fraction of sp³-hybridized carbons (Fsp3) is 0.909. The van der Waals surface area contributed by atoms with Gasteiger partial charge in [0.1, 0.15) is 8.78 Å². The zero-order chi connectivity index (χ0) is 32.9. The molecule has 0 bridgehead atoms. The Labute approximate surface area is 285 Å². The first-order chi connectivity index (χ1) is 19.8. The van der Waals surface area contributed by atoms with Crippen LogP contribution < -0.4 is 0 Å². The third kappa shape index (κ3) is 9.53. The fourth-order valence-corrected chi connectivity index (χ4v) is 13.2. The second kappa shape index (κ2) is 16.4. The zero-order valence-corrected chi connectivity index (χ0v) is 35.3. The summed E-state index contributed by atoms with van der Waals surface area (Å²) in [6.45, 7) is 32.3. The number of carbonyl (C=O) groups is 1. The van der Waals surface area contributed by atoms with Crippen molar-refractivity contribution < 1.29 is 13.6 Å². The van der Waals surface area contributed by atoms with Crippen molar-refractivity contribution in [2.45, 2.75) is 159 Å². The first-order valence-electron chi connectivity index (χ1n) is 16.8. The van der Waals surface area contributed by atoms with Crippen molar-refractivity contribution in [1.82, 2.24) is 4.90 Å². The Balaban J connectivity index is 2.80. The van der Waals surface area contributed by atoms with E-state index in [2.05, 4.69) is 106 Å². The highest BCUT2D eigenvalue weighted by Gasteiger charge is 2.62. The number of hydrogen-bond acceptors (Lipinski definition) is 7. The van der Waals surface area contributed by atoms with Crippen molar-refractivity contribution in [3.05, 3.63) is 11.8 Å². The van der Waals surface area contributed by atoms with Crippen molar-refractivity contribution in [3.8, 4) is 0 Å². The van der Waals surface area contributed by atoms with Gasteiger partial charge in [-0.3, -0.25) is 9.69 Å². The van der Waals surface area contributed by atoms with E-state index in [1.165, 1.54) is 5.70 Å². The lowest BCUT2D eigenvalue weighted by molar-refractivity contribution is -0.126. The molecule has 2 rings (SSSR count). The summed E-state index contributed by atoms with van der Waals surface area (Å²) in [5.74, 6) is 4.54. The van der Waals surface area contributed by atoms with Gasteiger partial charge in [0.2, 0.25) is 0 Å². The van der Waals surface area contributed by atoms with Crippen LogP contribution in [0.5, 0.6) is 0 Å². The lowest BCUT2D eigenvalue weighted by Crippen LogP contribution is -2.54. The summed E-state index contributed by atoms with van der Waals surface area (Å²) >= 11 is 7.73. The number of nitrogens with zero attached hydrogens (tertiary/aromatic N) is 1. The molecule has 0 unspecified atom stereocenters. The van der Waals surface area contributed by atoms with Gasteiger partial charge < -0.3 is 8.85 Å². The molecule has 252 valence electrons. The predicted molar refractivity (Wildman–Crippen MR) is 205 cm³/mol. The molecule has 3 atom stereocenters. The Hall–Kier alpha value is 0.964. The van der Waals surface area contributed by atoms with E-state index in [1.54, 1.807) is 0 Å². The van der Waals surface area contributed by atoms with Crippen LogP contribution in [0.1, 0.15) is 101 Å². The number of thioether (sulfide) groups is 4. The number of hydrogen-bond donors (Lipinski definition) is 0. The molecule has 0 aromatic rings. The number of carbonyl (C=O) groups excluding carboxylic acids is 1. The summed E-state index contributed by atoms with van der Waals surface area (Å²) in [5.41, 5.74) is 1.22. The highest BCUT2D eigenvalue weighted by molar-refractivity contribution is 8.19. The third-order valence-electron chi connectivity index (χ3n) is 9.45. The molecule has 43 heavy (non-hydrogen) atoms. The minimum Gasteiger partial charge on any atom is -0.411 e. The Morgan fingerprint density at radius 3 is 1.67 bits per heavy atom. The molecule has 1 fully saturated rings. The van der Waals surface area contributed by atoms with Gasteiger partial charge in [-0.05, 0) is 97.5 Å². The molecular weight excluding hydrogens is 643 g/mol. The summed E-state index contributed by atoms with van der Waals surface area (Å²) < 4.78 is 14.2. The maximum atomic E-state index is 15.0. The van der Waals surface area contributed by atoms with Gasteiger partial charge in [-0.1, -0.05) is 69.2 Å². The molecule has 10 heteroatoms. The summed E-state index contributed by atoms with van der Waals surface area (Å²) in [4.78, 5) is 17.3. The quantitative estimate of drug-likeness (QED) is 0.110. The van der Waals surface area contributed by atoms with Gasteiger partial charge in [0.15, 0.2) is 16.6 Å². The Morgan fingerprint density at radius 1 is 0.814 bits per heavy atom. The molecule has 1 heterocycles. The molecule has 1 amide bonds. The van der Waals surface area contributed by atoms with E-state index in [1.807, 2.05) is 47.0 Å². The predicted octanol–water partition coefficient (Wildman–Crippen LogP) is 11.1. The lowest BCUT2D eigenvalue weighted by Gasteiger charge is -2.47. The van der Waals surface area contributed by atoms with E-state index in [9.17, 15) is 0 Å². The molecule has 0 spiro atoms. The van der Waals surface area contributed by atoms with Crippen molar-refractivity contribution in [1.29, 1.82) is 0 Å². The van der Waals surface area contributed by atoms with Crippen LogP contribution in [0.4, 0.5) is 0 Å². The molecule has 2 aliphatic rings. The summed E-state index contributed by atoms with van der Waals surface area (Å²) in [7, 11) is -4.22. The third-order valence-corrected chi connectivity index (χ3v) is 25.2.